The highest BCUT2D eigenvalue weighted by Crippen LogP contribution is 2.68. The molecule has 0 spiro atoms. The van der Waals surface area contributed by atoms with Gasteiger partial charge in [0.1, 0.15) is 0 Å². The highest BCUT2D eigenvalue weighted by molar-refractivity contribution is 5.37. The van der Waals surface area contributed by atoms with Gasteiger partial charge in [0.2, 0.25) is 0 Å². The molecule has 18 heavy (non-hydrogen) atoms. The Labute approximate surface area is 100 Å². The molecule has 0 radical (unpaired) electrons. The molecule has 2 atom stereocenters. The number of halogens is 6. The predicted molar refractivity (Wildman–Crippen MR) is 51.6 cm³/mol. The van der Waals surface area contributed by atoms with Crippen molar-refractivity contribution in [2.45, 2.75) is 44.5 Å². The quantitative estimate of drug-likeness (QED) is 0.445. The second-order valence-electron chi connectivity index (χ2n) is 5.84. The number of alkyl halides is 6. The highest BCUT2D eigenvalue weighted by Gasteiger charge is 2.69. The normalized spacial score (nSPS) is 39.7. The van der Waals surface area contributed by atoms with Crippen molar-refractivity contribution in [1.29, 1.82) is 0 Å². The molecule has 0 aromatic rings. The molecule has 0 aliphatic heterocycles. The van der Waals surface area contributed by atoms with Crippen LogP contribution in [0.5, 0.6) is 0 Å². The maximum Gasteiger partial charge on any atom is 0.413 e. The Morgan fingerprint density at radius 3 is 1.78 bits per heavy atom. The van der Waals surface area contributed by atoms with E-state index in [1.54, 1.807) is 0 Å². The fourth-order valence-electron chi connectivity index (χ4n) is 4.39. The first-order valence-corrected chi connectivity index (χ1v) is 6.00. The van der Waals surface area contributed by atoms with Gasteiger partial charge in [-0.2, -0.15) is 26.3 Å². The average molecular weight is 270 g/mol. The van der Waals surface area contributed by atoms with Crippen LogP contribution in [0.4, 0.5) is 26.3 Å². The van der Waals surface area contributed by atoms with Gasteiger partial charge in [-0.15, -0.1) is 0 Å². The third-order valence-electron chi connectivity index (χ3n) is 4.67. The van der Waals surface area contributed by atoms with Crippen LogP contribution in [0, 0.1) is 17.3 Å². The summed E-state index contributed by atoms with van der Waals surface area (Å²) in [4.78, 5) is 0. The van der Waals surface area contributed by atoms with E-state index in [1.165, 1.54) is 0 Å². The maximum atomic E-state index is 13.2. The van der Waals surface area contributed by atoms with Crippen LogP contribution < -0.4 is 0 Å². The topological polar surface area (TPSA) is 0 Å². The van der Waals surface area contributed by atoms with Gasteiger partial charge in [-0.3, -0.25) is 0 Å². The van der Waals surface area contributed by atoms with Crippen molar-refractivity contribution in [3.63, 3.8) is 0 Å². The van der Waals surface area contributed by atoms with Crippen LogP contribution in [-0.4, -0.2) is 12.4 Å². The van der Waals surface area contributed by atoms with Crippen molar-refractivity contribution in [3.8, 4) is 0 Å². The summed E-state index contributed by atoms with van der Waals surface area (Å²) < 4.78 is 78.8. The minimum Gasteiger partial charge on any atom is -0.170 e. The first kappa shape index (κ1) is 12.4. The van der Waals surface area contributed by atoms with E-state index in [2.05, 4.69) is 0 Å². The Morgan fingerprint density at radius 2 is 1.39 bits per heavy atom. The highest BCUT2D eigenvalue weighted by atomic mass is 19.4. The van der Waals surface area contributed by atoms with Gasteiger partial charge in [-0.25, -0.2) is 0 Å². The summed E-state index contributed by atoms with van der Waals surface area (Å²) in [5.41, 5.74) is -3.83. The predicted octanol–water partition coefficient (Wildman–Crippen LogP) is 4.62. The molecule has 0 nitrogen and oxygen atoms in total. The van der Waals surface area contributed by atoms with Gasteiger partial charge in [0.25, 0.3) is 0 Å². The SMILES string of the molecule is FC(F)(F)C1=C2CC3CC(C2)CC1(C(F)(F)F)C3. The molecule has 2 fully saturated rings. The summed E-state index contributed by atoms with van der Waals surface area (Å²) >= 11 is 0. The number of rotatable bonds is 0. The minimum atomic E-state index is -4.85. The van der Waals surface area contributed by atoms with Crippen LogP contribution >= 0.6 is 0 Å². The molecule has 0 saturated heterocycles. The summed E-state index contributed by atoms with van der Waals surface area (Å²) in [6.07, 6.45) is -9.30. The standard InChI is InChI=1S/C12H12F6/c13-11(14,15)9-8-2-6-1-7(3-8)5-10(9,4-6)12(16,17)18/h6-7H,1-5H2. The van der Waals surface area contributed by atoms with Crippen molar-refractivity contribution in [1.82, 2.24) is 0 Å². The van der Waals surface area contributed by atoms with Crippen LogP contribution in [0.1, 0.15) is 32.1 Å². The van der Waals surface area contributed by atoms with Crippen LogP contribution in [0.15, 0.2) is 11.1 Å². The average Bonchev–Trinajstić information content (AvgIpc) is 2.10. The molecule has 2 saturated carbocycles. The van der Waals surface area contributed by atoms with E-state index in [1.807, 2.05) is 0 Å². The lowest BCUT2D eigenvalue weighted by molar-refractivity contribution is -0.256. The zero-order valence-corrected chi connectivity index (χ0v) is 9.46. The van der Waals surface area contributed by atoms with Crippen molar-refractivity contribution >= 4 is 0 Å². The third-order valence-corrected chi connectivity index (χ3v) is 4.67. The van der Waals surface area contributed by atoms with Gasteiger partial charge in [0, 0.05) is 5.57 Å². The van der Waals surface area contributed by atoms with Crippen molar-refractivity contribution in [3.05, 3.63) is 11.1 Å². The zero-order chi connectivity index (χ0) is 13.3. The molecule has 4 aliphatic rings. The van der Waals surface area contributed by atoms with E-state index >= 15 is 0 Å². The third kappa shape index (κ3) is 1.46. The van der Waals surface area contributed by atoms with Crippen LogP contribution in [0.25, 0.3) is 0 Å². The molecule has 0 aromatic heterocycles. The first-order chi connectivity index (χ1) is 8.13. The first-order valence-electron chi connectivity index (χ1n) is 6.00. The fraction of sp³-hybridized carbons (Fsp3) is 0.833. The zero-order valence-electron chi connectivity index (χ0n) is 9.46. The molecule has 2 unspecified atom stereocenters. The van der Waals surface area contributed by atoms with Crippen LogP contribution in [0.2, 0.25) is 0 Å². The van der Waals surface area contributed by atoms with Gasteiger partial charge < -0.3 is 0 Å². The number of hydrogen-bond acceptors (Lipinski definition) is 0. The lowest BCUT2D eigenvalue weighted by Gasteiger charge is -2.55. The Morgan fingerprint density at radius 1 is 0.889 bits per heavy atom. The lowest BCUT2D eigenvalue weighted by Crippen LogP contribution is -2.54. The monoisotopic (exact) mass is 270 g/mol. The van der Waals surface area contributed by atoms with Crippen molar-refractivity contribution in [2.75, 3.05) is 0 Å². The molecule has 0 aromatic carbocycles. The summed E-state index contributed by atoms with van der Waals surface area (Å²) in [6, 6.07) is 0. The Hall–Kier alpha value is -0.680. The molecule has 0 amide bonds. The Bertz CT molecular complexity index is 397. The van der Waals surface area contributed by atoms with Crippen LogP contribution in [-0.2, 0) is 0 Å². The molecule has 102 valence electrons. The van der Waals surface area contributed by atoms with Crippen molar-refractivity contribution in [2.24, 2.45) is 17.3 Å². The molecule has 0 heterocycles. The van der Waals surface area contributed by atoms with E-state index in [9.17, 15) is 26.3 Å². The van der Waals surface area contributed by atoms with Gasteiger partial charge in [0.15, 0.2) is 0 Å². The van der Waals surface area contributed by atoms with Gasteiger partial charge in [-0.1, -0.05) is 5.57 Å². The van der Waals surface area contributed by atoms with E-state index in [-0.39, 0.29) is 43.1 Å². The van der Waals surface area contributed by atoms with Gasteiger partial charge in [0.05, 0.1) is 5.41 Å². The number of hydrogen-bond donors (Lipinski definition) is 0. The maximum absolute atomic E-state index is 13.2. The van der Waals surface area contributed by atoms with Crippen LogP contribution in [0.3, 0.4) is 0 Å². The summed E-state index contributed by atoms with van der Waals surface area (Å²) in [5, 5.41) is 0. The smallest absolute Gasteiger partial charge is 0.170 e. The molecule has 4 aliphatic carbocycles. The van der Waals surface area contributed by atoms with E-state index in [0.29, 0.717) is 6.42 Å². The Balaban J connectivity index is 2.20. The summed E-state index contributed by atoms with van der Waals surface area (Å²) in [7, 11) is 0. The van der Waals surface area contributed by atoms with E-state index in [4.69, 9.17) is 0 Å². The van der Waals surface area contributed by atoms with Crippen molar-refractivity contribution < 1.29 is 26.3 Å². The van der Waals surface area contributed by atoms with E-state index in [0.717, 1.165) is 0 Å². The molecule has 6 heteroatoms. The summed E-state index contributed by atoms with van der Waals surface area (Å²) in [6.45, 7) is 0. The lowest BCUT2D eigenvalue weighted by atomic mass is 9.50. The van der Waals surface area contributed by atoms with Gasteiger partial charge >= 0.3 is 12.4 Å². The minimum absolute atomic E-state index is 0.0265. The largest absolute Gasteiger partial charge is 0.413 e. The molecule has 4 rings (SSSR count). The molecule has 4 bridgehead atoms. The van der Waals surface area contributed by atoms with Gasteiger partial charge in [-0.05, 0) is 43.9 Å². The van der Waals surface area contributed by atoms with E-state index < -0.39 is 23.3 Å². The second-order valence-corrected chi connectivity index (χ2v) is 5.84. The summed E-state index contributed by atoms with van der Waals surface area (Å²) in [5.74, 6) is -0.416. The number of allylic oxidation sites excluding steroid dienone is 2. The Kier molecular flexibility index (Phi) is 2.23. The second kappa shape index (κ2) is 3.25. The fourth-order valence-corrected chi connectivity index (χ4v) is 4.39. The molecule has 0 N–H and O–H groups in total. The molecular weight excluding hydrogens is 258 g/mol. The molecular formula is C12H12F6.